The predicted molar refractivity (Wildman–Crippen MR) is 96.2 cm³/mol. The maximum Gasteiger partial charge on any atom is 0.146 e. The highest BCUT2D eigenvalue weighted by molar-refractivity contribution is 7.80. The smallest absolute Gasteiger partial charge is 0.146 e. The third-order valence-corrected chi connectivity index (χ3v) is 4.46. The largest absolute Gasteiger partial charge is 0.389 e. The van der Waals surface area contributed by atoms with Crippen molar-refractivity contribution < 1.29 is 4.39 Å². The molecule has 5 heteroatoms. The van der Waals surface area contributed by atoms with Crippen molar-refractivity contribution in [3.05, 3.63) is 65.5 Å². The first-order valence-corrected chi connectivity index (χ1v) is 8.15. The molecular formula is C18H20FN3S. The molecule has 1 fully saturated rings. The summed E-state index contributed by atoms with van der Waals surface area (Å²) in [6.45, 7) is 4.23. The molecule has 1 heterocycles. The van der Waals surface area contributed by atoms with Gasteiger partial charge < -0.3 is 10.6 Å². The Morgan fingerprint density at radius 3 is 2.35 bits per heavy atom. The van der Waals surface area contributed by atoms with E-state index in [1.165, 1.54) is 6.07 Å². The van der Waals surface area contributed by atoms with Gasteiger partial charge in [-0.2, -0.15) is 0 Å². The van der Waals surface area contributed by atoms with Crippen molar-refractivity contribution in [2.75, 3.05) is 31.1 Å². The van der Waals surface area contributed by atoms with Crippen LogP contribution in [-0.4, -0.2) is 36.1 Å². The molecule has 0 radical (unpaired) electrons. The summed E-state index contributed by atoms with van der Waals surface area (Å²) in [5, 5.41) is 0. The summed E-state index contributed by atoms with van der Waals surface area (Å²) in [7, 11) is 0. The first-order chi connectivity index (χ1) is 11.1. The molecule has 1 aliphatic heterocycles. The van der Waals surface area contributed by atoms with Gasteiger partial charge in [0.05, 0.1) is 5.69 Å². The van der Waals surface area contributed by atoms with E-state index >= 15 is 0 Å². The number of para-hydroxylation sites is 1. The lowest BCUT2D eigenvalue weighted by atomic mass is 10.1. The van der Waals surface area contributed by atoms with Gasteiger partial charge in [-0.25, -0.2) is 4.39 Å². The Bertz CT molecular complexity index is 696. The number of hydrogen-bond donors (Lipinski definition) is 1. The molecule has 3 rings (SSSR count). The maximum absolute atomic E-state index is 13.9. The zero-order valence-corrected chi connectivity index (χ0v) is 13.7. The molecule has 1 saturated heterocycles. The third kappa shape index (κ3) is 3.68. The minimum Gasteiger partial charge on any atom is -0.389 e. The summed E-state index contributed by atoms with van der Waals surface area (Å²) in [4.78, 5) is 4.89. The minimum absolute atomic E-state index is 0.153. The third-order valence-electron chi connectivity index (χ3n) is 4.24. The van der Waals surface area contributed by atoms with Crippen molar-refractivity contribution in [3.63, 3.8) is 0 Å². The van der Waals surface area contributed by atoms with E-state index in [0.717, 1.165) is 43.9 Å². The van der Waals surface area contributed by atoms with Crippen molar-refractivity contribution in [1.82, 2.24) is 4.90 Å². The van der Waals surface area contributed by atoms with Crippen molar-refractivity contribution in [2.45, 2.75) is 6.54 Å². The van der Waals surface area contributed by atoms with E-state index in [1.54, 1.807) is 6.07 Å². The number of nitrogens with zero attached hydrogens (tertiary/aromatic N) is 2. The zero-order valence-electron chi connectivity index (χ0n) is 12.9. The standard InChI is InChI=1S/C18H20FN3S/c19-16-7-3-4-8-17(16)22-11-9-21(10-12-22)13-14-5-1-2-6-15(14)18(20)23/h1-8H,9-13H2,(H2,20,23). The zero-order chi connectivity index (χ0) is 16.2. The van der Waals surface area contributed by atoms with Crippen LogP contribution in [0.25, 0.3) is 0 Å². The van der Waals surface area contributed by atoms with Crippen LogP contribution in [0.1, 0.15) is 11.1 Å². The van der Waals surface area contributed by atoms with Crippen LogP contribution in [0.4, 0.5) is 10.1 Å². The van der Waals surface area contributed by atoms with Crippen LogP contribution >= 0.6 is 12.2 Å². The molecule has 0 atom stereocenters. The van der Waals surface area contributed by atoms with Gasteiger partial charge >= 0.3 is 0 Å². The fourth-order valence-corrected chi connectivity index (χ4v) is 3.19. The molecule has 0 saturated carbocycles. The fourth-order valence-electron chi connectivity index (χ4n) is 2.99. The first kappa shape index (κ1) is 15.9. The average Bonchev–Trinajstić information content (AvgIpc) is 2.56. The molecule has 0 bridgehead atoms. The molecule has 0 amide bonds. The Morgan fingerprint density at radius 1 is 1.00 bits per heavy atom. The molecule has 2 aromatic carbocycles. The number of anilines is 1. The quantitative estimate of drug-likeness (QED) is 0.875. The first-order valence-electron chi connectivity index (χ1n) is 7.74. The van der Waals surface area contributed by atoms with Crippen molar-refractivity contribution in [1.29, 1.82) is 0 Å². The lowest BCUT2D eigenvalue weighted by molar-refractivity contribution is 0.249. The Labute approximate surface area is 141 Å². The summed E-state index contributed by atoms with van der Waals surface area (Å²) in [5.41, 5.74) is 8.58. The molecule has 0 spiro atoms. The van der Waals surface area contributed by atoms with Gasteiger partial charge in [-0.15, -0.1) is 0 Å². The Morgan fingerprint density at radius 2 is 1.65 bits per heavy atom. The monoisotopic (exact) mass is 329 g/mol. The van der Waals surface area contributed by atoms with Crippen molar-refractivity contribution >= 4 is 22.9 Å². The number of benzene rings is 2. The lowest BCUT2D eigenvalue weighted by Crippen LogP contribution is -2.46. The average molecular weight is 329 g/mol. The number of thiocarbonyl (C=S) groups is 1. The van der Waals surface area contributed by atoms with E-state index in [2.05, 4.69) is 15.9 Å². The van der Waals surface area contributed by atoms with Crippen LogP contribution in [0.5, 0.6) is 0 Å². The van der Waals surface area contributed by atoms with Crippen LogP contribution in [0.3, 0.4) is 0 Å². The molecule has 23 heavy (non-hydrogen) atoms. The van der Waals surface area contributed by atoms with Crippen LogP contribution in [0.15, 0.2) is 48.5 Å². The summed E-state index contributed by atoms with van der Waals surface area (Å²) in [5.74, 6) is -0.153. The molecule has 0 unspecified atom stereocenters. The molecular weight excluding hydrogens is 309 g/mol. The number of hydrogen-bond acceptors (Lipinski definition) is 3. The fraction of sp³-hybridized carbons (Fsp3) is 0.278. The molecule has 2 N–H and O–H groups in total. The van der Waals surface area contributed by atoms with Gasteiger partial charge in [0, 0.05) is 38.3 Å². The molecule has 3 nitrogen and oxygen atoms in total. The van der Waals surface area contributed by atoms with E-state index in [0.29, 0.717) is 10.7 Å². The summed E-state index contributed by atoms with van der Waals surface area (Å²) >= 11 is 5.12. The highest BCUT2D eigenvalue weighted by Gasteiger charge is 2.20. The second kappa shape index (κ2) is 7.06. The van der Waals surface area contributed by atoms with E-state index in [9.17, 15) is 4.39 Å². The van der Waals surface area contributed by atoms with Crippen molar-refractivity contribution in [2.24, 2.45) is 5.73 Å². The van der Waals surface area contributed by atoms with E-state index < -0.39 is 0 Å². The van der Waals surface area contributed by atoms with E-state index in [1.807, 2.05) is 30.3 Å². The van der Waals surface area contributed by atoms with Crippen LogP contribution in [-0.2, 0) is 6.54 Å². The molecule has 0 aliphatic carbocycles. The van der Waals surface area contributed by atoms with Crippen LogP contribution in [0, 0.1) is 5.82 Å². The minimum atomic E-state index is -0.153. The number of nitrogens with two attached hydrogens (primary N) is 1. The van der Waals surface area contributed by atoms with Crippen molar-refractivity contribution in [3.8, 4) is 0 Å². The van der Waals surface area contributed by atoms with Gasteiger partial charge in [0.25, 0.3) is 0 Å². The molecule has 1 aliphatic rings. The van der Waals surface area contributed by atoms with E-state index in [-0.39, 0.29) is 5.82 Å². The summed E-state index contributed by atoms with van der Waals surface area (Å²) < 4.78 is 13.9. The molecule has 120 valence electrons. The Kier molecular flexibility index (Phi) is 4.88. The van der Waals surface area contributed by atoms with Gasteiger partial charge in [0.2, 0.25) is 0 Å². The SMILES string of the molecule is NC(=S)c1ccccc1CN1CCN(c2ccccc2F)CC1. The summed E-state index contributed by atoms with van der Waals surface area (Å²) in [6.07, 6.45) is 0. The van der Waals surface area contributed by atoms with Crippen LogP contribution < -0.4 is 10.6 Å². The highest BCUT2D eigenvalue weighted by Crippen LogP contribution is 2.21. The topological polar surface area (TPSA) is 32.5 Å². The number of piperazine rings is 1. The van der Waals surface area contributed by atoms with Gasteiger partial charge in [0.15, 0.2) is 0 Å². The van der Waals surface area contributed by atoms with Crippen LogP contribution in [0.2, 0.25) is 0 Å². The number of halogens is 1. The van der Waals surface area contributed by atoms with Gasteiger partial charge in [-0.1, -0.05) is 48.6 Å². The Balaban J connectivity index is 1.64. The summed E-state index contributed by atoms with van der Waals surface area (Å²) in [6, 6.07) is 14.9. The molecule has 0 aromatic heterocycles. The van der Waals surface area contributed by atoms with Gasteiger partial charge in [-0.3, -0.25) is 4.90 Å². The van der Waals surface area contributed by atoms with E-state index in [4.69, 9.17) is 18.0 Å². The lowest BCUT2D eigenvalue weighted by Gasteiger charge is -2.36. The number of rotatable bonds is 4. The Hall–Kier alpha value is -1.98. The highest BCUT2D eigenvalue weighted by atomic mass is 32.1. The predicted octanol–water partition coefficient (Wildman–Crippen LogP) is 2.78. The van der Waals surface area contributed by atoms with Gasteiger partial charge in [0.1, 0.15) is 10.8 Å². The molecule has 2 aromatic rings. The second-order valence-corrected chi connectivity index (χ2v) is 6.18. The maximum atomic E-state index is 13.9. The second-order valence-electron chi connectivity index (χ2n) is 5.74. The normalized spacial score (nSPS) is 15.6. The van der Waals surface area contributed by atoms with Gasteiger partial charge in [-0.05, 0) is 17.7 Å².